The van der Waals surface area contributed by atoms with Crippen molar-refractivity contribution < 1.29 is 9.47 Å². The van der Waals surface area contributed by atoms with Gasteiger partial charge < -0.3 is 9.47 Å². The molecular weight excluding hydrogens is 286 g/mol. The Morgan fingerprint density at radius 1 is 1.23 bits per heavy atom. The molecule has 22 heavy (non-hydrogen) atoms. The van der Waals surface area contributed by atoms with Gasteiger partial charge in [-0.25, -0.2) is 5.01 Å². The van der Waals surface area contributed by atoms with E-state index >= 15 is 0 Å². The lowest BCUT2D eigenvalue weighted by molar-refractivity contribution is 0.0492. The van der Waals surface area contributed by atoms with Crippen molar-refractivity contribution in [2.45, 2.75) is 0 Å². The van der Waals surface area contributed by atoms with Gasteiger partial charge in [0.2, 0.25) is 5.95 Å². The monoisotopic (exact) mass is 303 g/mol. The molecular formula is C14H17N5O3. The van der Waals surface area contributed by atoms with E-state index in [1.165, 1.54) is 0 Å². The van der Waals surface area contributed by atoms with Gasteiger partial charge in [-0.05, 0) is 24.3 Å². The number of ether oxygens (including phenoxy) is 2. The molecule has 0 radical (unpaired) electrons. The molecule has 1 fully saturated rings. The molecule has 2 aromatic rings. The standard InChI is InChI=1S/C14H17N5O3/c1-21-11-4-2-10(3-5-11)12-13(20)15-14(17-16-12)18-19-6-8-22-9-7-19/h2-5H,6-9H2,1H3,(H2,15,17,18,20). The number of nitrogens with zero attached hydrogens (tertiary/aromatic N) is 3. The summed E-state index contributed by atoms with van der Waals surface area (Å²) in [6.45, 7) is 2.75. The van der Waals surface area contributed by atoms with E-state index in [9.17, 15) is 4.79 Å². The van der Waals surface area contributed by atoms with E-state index in [4.69, 9.17) is 9.47 Å². The maximum Gasteiger partial charge on any atom is 0.279 e. The Balaban J connectivity index is 1.77. The normalized spacial score (nSPS) is 15.5. The molecule has 0 spiro atoms. The fraction of sp³-hybridized carbons (Fsp3) is 0.357. The molecule has 0 atom stereocenters. The highest BCUT2D eigenvalue weighted by molar-refractivity contribution is 5.58. The zero-order valence-electron chi connectivity index (χ0n) is 12.2. The second kappa shape index (κ2) is 6.54. The van der Waals surface area contributed by atoms with Crippen LogP contribution in [0.2, 0.25) is 0 Å². The molecule has 1 aliphatic rings. The Labute approximate surface area is 127 Å². The highest BCUT2D eigenvalue weighted by Gasteiger charge is 2.13. The fourth-order valence-corrected chi connectivity index (χ4v) is 2.15. The average Bonchev–Trinajstić information content (AvgIpc) is 2.56. The highest BCUT2D eigenvalue weighted by atomic mass is 16.5. The van der Waals surface area contributed by atoms with Crippen molar-refractivity contribution in [3.8, 4) is 17.0 Å². The van der Waals surface area contributed by atoms with Gasteiger partial charge in [-0.1, -0.05) is 0 Å². The number of benzene rings is 1. The number of nitrogens with one attached hydrogen (secondary N) is 2. The van der Waals surface area contributed by atoms with E-state index in [1.807, 2.05) is 5.01 Å². The van der Waals surface area contributed by atoms with Crippen molar-refractivity contribution >= 4 is 5.95 Å². The number of methoxy groups -OCH3 is 1. The predicted octanol–water partition coefficient (Wildman–Crippen LogP) is 0.500. The molecule has 1 saturated heterocycles. The third-order valence-corrected chi connectivity index (χ3v) is 3.34. The quantitative estimate of drug-likeness (QED) is 0.849. The van der Waals surface area contributed by atoms with Gasteiger partial charge in [-0.2, -0.15) is 0 Å². The summed E-state index contributed by atoms with van der Waals surface area (Å²) in [5.74, 6) is 1.04. The summed E-state index contributed by atoms with van der Waals surface area (Å²) >= 11 is 0. The van der Waals surface area contributed by atoms with E-state index in [1.54, 1.807) is 31.4 Å². The lowest BCUT2D eigenvalue weighted by Crippen LogP contribution is -2.41. The van der Waals surface area contributed by atoms with Crippen LogP contribution in [0.25, 0.3) is 11.3 Å². The number of anilines is 1. The minimum Gasteiger partial charge on any atom is -0.497 e. The summed E-state index contributed by atoms with van der Waals surface area (Å²) in [4.78, 5) is 14.9. The highest BCUT2D eigenvalue weighted by Crippen LogP contribution is 2.17. The Morgan fingerprint density at radius 3 is 2.59 bits per heavy atom. The minimum absolute atomic E-state index is 0.273. The van der Waals surface area contributed by atoms with Crippen LogP contribution in [-0.2, 0) is 4.74 Å². The van der Waals surface area contributed by atoms with Crippen LogP contribution < -0.4 is 15.7 Å². The molecule has 1 aromatic carbocycles. The minimum atomic E-state index is -0.295. The van der Waals surface area contributed by atoms with Gasteiger partial charge >= 0.3 is 0 Å². The SMILES string of the molecule is COc1ccc(-c2nnc(NN3CCOCC3)[nH]c2=O)cc1. The topological polar surface area (TPSA) is 92.4 Å². The van der Waals surface area contributed by atoms with Crippen LogP contribution >= 0.6 is 0 Å². The number of rotatable bonds is 4. The van der Waals surface area contributed by atoms with Gasteiger partial charge in [0.05, 0.1) is 20.3 Å². The molecule has 0 saturated carbocycles. The Morgan fingerprint density at radius 2 is 1.95 bits per heavy atom. The van der Waals surface area contributed by atoms with Crippen LogP contribution in [0.1, 0.15) is 0 Å². The Hall–Kier alpha value is -2.45. The van der Waals surface area contributed by atoms with E-state index in [2.05, 4.69) is 20.6 Å². The van der Waals surface area contributed by atoms with Gasteiger partial charge in [0, 0.05) is 18.7 Å². The van der Waals surface area contributed by atoms with Crippen molar-refractivity contribution in [1.29, 1.82) is 0 Å². The molecule has 2 heterocycles. The first-order valence-corrected chi connectivity index (χ1v) is 6.97. The van der Waals surface area contributed by atoms with E-state index in [-0.39, 0.29) is 11.3 Å². The molecule has 116 valence electrons. The molecule has 3 rings (SSSR count). The fourth-order valence-electron chi connectivity index (χ4n) is 2.15. The number of hydrazine groups is 1. The molecule has 8 nitrogen and oxygen atoms in total. The number of aromatic amines is 1. The number of H-pyrrole nitrogens is 1. The van der Waals surface area contributed by atoms with E-state index < -0.39 is 0 Å². The molecule has 1 aromatic heterocycles. The number of hydrogen-bond donors (Lipinski definition) is 2. The number of aromatic nitrogens is 3. The number of hydrogen-bond acceptors (Lipinski definition) is 7. The lowest BCUT2D eigenvalue weighted by atomic mass is 10.1. The Kier molecular flexibility index (Phi) is 4.31. The second-order valence-corrected chi connectivity index (χ2v) is 4.79. The van der Waals surface area contributed by atoms with E-state index in [0.717, 1.165) is 18.8 Å². The summed E-state index contributed by atoms with van der Waals surface area (Å²) < 4.78 is 10.3. The third-order valence-electron chi connectivity index (χ3n) is 3.34. The number of morpholine rings is 1. The molecule has 1 aliphatic heterocycles. The molecule has 2 N–H and O–H groups in total. The van der Waals surface area contributed by atoms with Crippen molar-refractivity contribution in [2.24, 2.45) is 0 Å². The van der Waals surface area contributed by atoms with Crippen LogP contribution in [0.4, 0.5) is 5.95 Å². The smallest absolute Gasteiger partial charge is 0.279 e. The molecule has 0 unspecified atom stereocenters. The van der Waals surface area contributed by atoms with Gasteiger partial charge in [-0.15, -0.1) is 10.2 Å². The van der Waals surface area contributed by atoms with Gasteiger partial charge in [0.1, 0.15) is 5.75 Å². The molecule has 0 bridgehead atoms. The van der Waals surface area contributed by atoms with Gasteiger partial charge in [0.25, 0.3) is 5.56 Å². The lowest BCUT2D eigenvalue weighted by Gasteiger charge is -2.26. The average molecular weight is 303 g/mol. The Bertz CT molecular complexity index is 680. The predicted molar refractivity (Wildman–Crippen MR) is 80.7 cm³/mol. The van der Waals surface area contributed by atoms with Crippen molar-refractivity contribution in [3.05, 3.63) is 34.6 Å². The zero-order valence-corrected chi connectivity index (χ0v) is 12.2. The third kappa shape index (κ3) is 3.23. The summed E-state index contributed by atoms with van der Waals surface area (Å²) in [6, 6.07) is 7.09. The first-order chi connectivity index (χ1) is 10.8. The zero-order chi connectivity index (χ0) is 15.4. The summed E-state index contributed by atoms with van der Waals surface area (Å²) in [5, 5.41) is 9.96. The van der Waals surface area contributed by atoms with Crippen molar-refractivity contribution in [2.75, 3.05) is 38.8 Å². The van der Waals surface area contributed by atoms with Crippen LogP contribution in [0.5, 0.6) is 5.75 Å². The van der Waals surface area contributed by atoms with Gasteiger partial charge in [0.15, 0.2) is 5.69 Å². The van der Waals surface area contributed by atoms with Gasteiger partial charge in [-0.3, -0.25) is 15.2 Å². The molecule has 8 heteroatoms. The summed E-state index contributed by atoms with van der Waals surface area (Å²) in [6.07, 6.45) is 0. The van der Waals surface area contributed by atoms with Crippen molar-refractivity contribution in [3.63, 3.8) is 0 Å². The summed E-state index contributed by atoms with van der Waals surface area (Å²) in [7, 11) is 1.59. The second-order valence-electron chi connectivity index (χ2n) is 4.79. The first-order valence-electron chi connectivity index (χ1n) is 6.97. The van der Waals surface area contributed by atoms with E-state index in [0.29, 0.717) is 24.7 Å². The maximum atomic E-state index is 12.2. The van der Waals surface area contributed by atoms with Crippen LogP contribution in [-0.4, -0.2) is 53.6 Å². The summed E-state index contributed by atoms with van der Waals surface area (Å²) in [5.41, 5.74) is 3.69. The van der Waals surface area contributed by atoms with Crippen molar-refractivity contribution in [1.82, 2.24) is 20.2 Å². The molecule has 0 amide bonds. The first kappa shape index (κ1) is 14.5. The van der Waals surface area contributed by atoms with Crippen LogP contribution in [0.15, 0.2) is 29.1 Å². The molecule has 0 aliphatic carbocycles. The largest absolute Gasteiger partial charge is 0.497 e. The van der Waals surface area contributed by atoms with Crippen LogP contribution in [0, 0.1) is 0 Å². The maximum absolute atomic E-state index is 12.2. The van der Waals surface area contributed by atoms with Crippen LogP contribution in [0.3, 0.4) is 0 Å².